The molecule has 0 aliphatic carbocycles. The molecule has 0 saturated carbocycles. The highest BCUT2D eigenvalue weighted by Gasteiger charge is 2.12. The normalized spacial score (nSPS) is 11.0. The number of fused-ring (bicyclic) bond motifs is 1. The van der Waals surface area contributed by atoms with Gasteiger partial charge in [-0.2, -0.15) is 10.1 Å². The zero-order chi connectivity index (χ0) is 18.5. The first-order valence-electron chi connectivity index (χ1n) is 9.13. The Kier molecular flexibility index (Phi) is 5.61. The van der Waals surface area contributed by atoms with Crippen LogP contribution in [0.1, 0.15) is 48.7 Å². The molecule has 0 aliphatic rings. The van der Waals surface area contributed by atoms with Crippen LogP contribution in [0, 0.1) is 13.8 Å². The molecule has 0 atom stereocenters. The Morgan fingerprint density at radius 1 is 1.15 bits per heavy atom. The summed E-state index contributed by atoms with van der Waals surface area (Å²) in [5.41, 5.74) is 5.08. The second kappa shape index (κ2) is 8.08. The Balaban J connectivity index is 1.60. The Labute approximate surface area is 153 Å². The van der Waals surface area contributed by atoms with E-state index in [0.29, 0.717) is 18.6 Å². The van der Waals surface area contributed by atoms with E-state index >= 15 is 0 Å². The van der Waals surface area contributed by atoms with Crippen molar-refractivity contribution in [3.05, 3.63) is 53.1 Å². The summed E-state index contributed by atoms with van der Waals surface area (Å²) in [4.78, 5) is 20.9. The van der Waals surface area contributed by atoms with E-state index in [9.17, 15) is 4.79 Å². The standard InChI is InChI=1S/C20H25N5O/c1-4-5-6-16-7-9-17(10-8-16)24-19(26)12-11-18-14(2)23-20-21-13-22-25(20)15(18)3/h7-10,13H,4-6,11-12H2,1-3H3,(H,24,26). The molecule has 6 heteroatoms. The molecule has 6 nitrogen and oxygen atoms in total. The summed E-state index contributed by atoms with van der Waals surface area (Å²) in [5.74, 6) is 0.597. The molecule has 0 aliphatic heterocycles. The Morgan fingerprint density at radius 2 is 1.92 bits per heavy atom. The topological polar surface area (TPSA) is 72.2 Å². The second-order valence-electron chi connectivity index (χ2n) is 6.58. The third-order valence-corrected chi connectivity index (χ3v) is 4.65. The van der Waals surface area contributed by atoms with E-state index in [1.165, 1.54) is 24.7 Å². The van der Waals surface area contributed by atoms with Crippen molar-refractivity contribution < 1.29 is 4.79 Å². The van der Waals surface area contributed by atoms with Crippen molar-refractivity contribution in [3.63, 3.8) is 0 Å². The summed E-state index contributed by atoms with van der Waals surface area (Å²) in [5, 5.41) is 7.16. The maximum Gasteiger partial charge on any atom is 0.252 e. The van der Waals surface area contributed by atoms with Crippen molar-refractivity contribution in [2.75, 3.05) is 5.32 Å². The predicted molar refractivity (Wildman–Crippen MR) is 102 cm³/mol. The van der Waals surface area contributed by atoms with Gasteiger partial charge >= 0.3 is 0 Å². The van der Waals surface area contributed by atoms with E-state index in [4.69, 9.17) is 0 Å². The van der Waals surface area contributed by atoms with Gasteiger partial charge in [0.2, 0.25) is 5.91 Å². The van der Waals surface area contributed by atoms with Gasteiger partial charge in [0.15, 0.2) is 0 Å². The van der Waals surface area contributed by atoms with Gasteiger partial charge in [-0.05, 0) is 56.4 Å². The number of amides is 1. The largest absolute Gasteiger partial charge is 0.326 e. The van der Waals surface area contributed by atoms with Gasteiger partial charge in [0.05, 0.1) is 0 Å². The number of nitrogens with one attached hydrogen (secondary N) is 1. The van der Waals surface area contributed by atoms with Crippen molar-refractivity contribution in [2.24, 2.45) is 0 Å². The number of aryl methyl sites for hydroxylation is 3. The van der Waals surface area contributed by atoms with Crippen LogP contribution in [-0.2, 0) is 17.6 Å². The number of carbonyl (C=O) groups is 1. The number of benzene rings is 1. The van der Waals surface area contributed by atoms with Crippen LogP contribution < -0.4 is 5.32 Å². The lowest BCUT2D eigenvalue weighted by molar-refractivity contribution is -0.116. The molecule has 1 aromatic carbocycles. The van der Waals surface area contributed by atoms with E-state index in [1.807, 2.05) is 26.0 Å². The Bertz CT molecular complexity index is 898. The number of hydrogen-bond donors (Lipinski definition) is 1. The lowest BCUT2D eigenvalue weighted by Gasteiger charge is -2.11. The second-order valence-corrected chi connectivity index (χ2v) is 6.58. The molecule has 0 spiro atoms. The molecular weight excluding hydrogens is 326 g/mol. The molecule has 0 fully saturated rings. The van der Waals surface area contributed by atoms with Crippen LogP contribution >= 0.6 is 0 Å². The maximum atomic E-state index is 12.3. The Morgan fingerprint density at radius 3 is 2.65 bits per heavy atom. The molecule has 1 amide bonds. The zero-order valence-corrected chi connectivity index (χ0v) is 15.6. The van der Waals surface area contributed by atoms with E-state index in [2.05, 4.69) is 39.4 Å². The first-order chi connectivity index (χ1) is 12.6. The number of carbonyl (C=O) groups excluding carboxylic acids is 1. The lowest BCUT2D eigenvalue weighted by atomic mass is 10.1. The van der Waals surface area contributed by atoms with E-state index < -0.39 is 0 Å². The first-order valence-corrected chi connectivity index (χ1v) is 9.13. The summed E-state index contributed by atoms with van der Waals surface area (Å²) in [7, 11) is 0. The van der Waals surface area contributed by atoms with Crippen LogP contribution in [0.2, 0.25) is 0 Å². The summed E-state index contributed by atoms with van der Waals surface area (Å²) >= 11 is 0. The van der Waals surface area contributed by atoms with Crippen LogP contribution in [0.4, 0.5) is 5.69 Å². The van der Waals surface area contributed by atoms with Crippen molar-refractivity contribution in [1.82, 2.24) is 19.6 Å². The minimum Gasteiger partial charge on any atom is -0.326 e. The SMILES string of the molecule is CCCCc1ccc(NC(=O)CCc2c(C)nc3ncnn3c2C)cc1. The summed E-state index contributed by atoms with van der Waals surface area (Å²) in [6, 6.07) is 8.12. The van der Waals surface area contributed by atoms with Crippen molar-refractivity contribution in [2.45, 2.75) is 52.9 Å². The highest BCUT2D eigenvalue weighted by atomic mass is 16.1. The van der Waals surface area contributed by atoms with Crippen LogP contribution in [-0.4, -0.2) is 25.5 Å². The average Bonchev–Trinajstić information content (AvgIpc) is 3.09. The maximum absolute atomic E-state index is 12.3. The quantitative estimate of drug-likeness (QED) is 0.705. The summed E-state index contributed by atoms with van der Waals surface area (Å²) in [6.07, 6.45) is 5.99. The molecule has 0 unspecified atom stereocenters. The predicted octanol–water partition coefficient (Wildman–Crippen LogP) is 3.66. The molecule has 0 saturated heterocycles. The molecule has 3 rings (SSSR count). The van der Waals surface area contributed by atoms with Gasteiger partial charge < -0.3 is 5.32 Å². The number of nitrogens with zero attached hydrogens (tertiary/aromatic N) is 4. The number of anilines is 1. The molecule has 3 aromatic rings. The molecule has 0 bridgehead atoms. The Hall–Kier alpha value is -2.76. The van der Waals surface area contributed by atoms with Gasteiger partial charge in [-0.25, -0.2) is 9.50 Å². The number of rotatable bonds is 7. The highest BCUT2D eigenvalue weighted by molar-refractivity contribution is 5.90. The molecule has 136 valence electrons. The van der Waals surface area contributed by atoms with Crippen molar-refractivity contribution in [3.8, 4) is 0 Å². The molecule has 1 N–H and O–H groups in total. The van der Waals surface area contributed by atoms with Gasteiger partial charge in [0.1, 0.15) is 6.33 Å². The molecule has 0 radical (unpaired) electrons. The van der Waals surface area contributed by atoms with Crippen LogP contribution in [0.3, 0.4) is 0 Å². The van der Waals surface area contributed by atoms with Gasteiger partial charge in [-0.15, -0.1) is 0 Å². The van der Waals surface area contributed by atoms with Crippen molar-refractivity contribution >= 4 is 17.4 Å². The third kappa shape index (κ3) is 4.07. The van der Waals surface area contributed by atoms with Crippen LogP contribution in [0.15, 0.2) is 30.6 Å². The highest BCUT2D eigenvalue weighted by Crippen LogP contribution is 2.16. The summed E-state index contributed by atoms with van der Waals surface area (Å²) < 4.78 is 1.72. The van der Waals surface area contributed by atoms with Crippen LogP contribution in [0.25, 0.3) is 5.78 Å². The fourth-order valence-corrected chi connectivity index (χ4v) is 3.11. The van der Waals surface area contributed by atoms with Crippen molar-refractivity contribution in [1.29, 1.82) is 0 Å². The van der Waals surface area contributed by atoms with Gasteiger partial charge in [0.25, 0.3) is 5.78 Å². The zero-order valence-electron chi connectivity index (χ0n) is 15.6. The fraction of sp³-hybridized carbons (Fsp3) is 0.400. The van der Waals surface area contributed by atoms with Crippen LogP contribution in [0.5, 0.6) is 0 Å². The summed E-state index contributed by atoms with van der Waals surface area (Å²) in [6.45, 7) is 6.12. The fourth-order valence-electron chi connectivity index (χ4n) is 3.11. The minimum absolute atomic E-state index is 0.00351. The number of hydrogen-bond acceptors (Lipinski definition) is 4. The van der Waals surface area contributed by atoms with Gasteiger partial charge in [0, 0.05) is 23.5 Å². The monoisotopic (exact) mass is 351 g/mol. The van der Waals surface area contributed by atoms with E-state index in [1.54, 1.807) is 4.52 Å². The molecule has 2 aromatic heterocycles. The smallest absolute Gasteiger partial charge is 0.252 e. The van der Waals surface area contributed by atoms with E-state index in [-0.39, 0.29) is 5.91 Å². The van der Waals surface area contributed by atoms with Gasteiger partial charge in [-0.1, -0.05) is 25.5 Å². The average molecular weight is 351 g/mol. The molecular formula is C20H25N5O. The number of unbranched alkanes of at least 4 members (excludes halogenated alkanes) is 1. The first kappa shape index (κ1) is 18.0. The van der Waals surface area contributed by atoms with E-state index in [0.717, 1.165) is 29.1 Å². The third-order valence-electron chi connectivity index (χ3n) is 4.65. The number of aromatic nitrogens is 4. The molecule has 2 heterocycles. The van der Waals surface area contributed by atoms with Gasteiger partial charge in [-0.3, -0.25) is 4.79 Å². The minimum atomic E-state index is 0.00351. The lowest BCUT2D eigenvalue weighted by Crippen LogP contribution is -2.14. The molecule has 26 heavy (non-hydrogen) atoms.